The van der Waals surface area contributed by atoms with Crippen LogP contribution in [0.4, 0.5) is 4.39 Å². The van der Waals surface area contributed by atoms with E-state index >= 15 is 0 Å². The predicted octanol–water partition coefficient (Wildman–Crippen LogP) is 5.18. The van der Waals surface area contributed by atoms with E-state index in [0.717, 1.165) is 60.3 Å². The van der Waals surface area contributed by atoms with Gasteiger partial charge in [-0.05, 0) is 56.8 Å². The van der Waals surface area contributed by atoms with Gasteiger partial charge in [0, 0.05) is 37.3 Å². The summed E-state index contributed by atoms with van der Waals surface area (Å²) in [6.07, 6.45) is 7.26. The molecule has 1 fully saturated rings. The summed E-state index contributed by atoms with van der Waals surface area (Å²) in [5.74, 6) is 1.32. The van der Waals surface area contributed by atoms with E-state index in [4.69, 9.17) is 4.98 Å². The van der Waals surface area contributed by atoms with Crippen LogP contribution in [-0.2, 0) is 4.79 Å². The van der Waals surface area contributed by atoms with Gasteiger partial charge < -0.3 is 9.88 Å². The first-order valence-electron chi connectivity index (χ1n) is 12.0. The standard InChI is InChI=1S/C26H34FN5O/c1-5-32(24(33)14-17(2)3)13-12-20-10-11-23(31(20)4)26-29-22-16-28-15-21(25(22)30-26)18-6-8-19(27)9-7-18/h6-9,15-17,20,23H,5,10-14H2,1-4H3,(H,29,30). The van der Waals surface area contributed by atoms with Crippen molar-refractivity contribution < 1.29 is 9.18 Å². The topological polar surface area (TPSA) is 65.1 Å². The zero-order chi connectivity index (χ0) is 23.5. The number of hydrogen-bond acceptors (Lipinski definition) is 4. The number of amides is 1. The van der Waals surface area contributed by atoms with E-state index in [1.165, 1.54) is 12.1 Å². The van der Waals surface area contributed by atoms with Gasteiger partial charge in [0.25, 0.3) is 0 Å². The number of H-pyrrole nitrogens is 1. The fourth-order valence-electron chi connectivity index (χ4n) is 4.88. The van der Waals surface area contributed by atoms with Crippen LogP contribution in [0.15, 0.2) is 36.7 Å². The maximum Gasteiger partial charge on any atom is 0.222 e. The van der Waals surface area contributed by atoms with Gasteiger partial charge in [-0.1, -0.05) is 26.0 Å². The van der Waals surface area contributed by atoms with E-state index in [-0.39, 0.29) is 17.8 Å². The number of fused-ring (bicyclic) bond motifs is 1. The van der Waals surface area contributed by atoms with Crippen LogP contribution in [0.2, 0.25) is 0 Å². The molecule has 2 aromatic heterocycles. The molecule has 2 atom stereocenters. The summed E-state index contributed by atoms with van der Waals surface area (Å²) >= 11 is 0. The molecule has 1 saturated heterocycles. The second-order valence-corrected chi connectivity index (χ2v) is 9.48. The van der Waals surface area contributed by atoms with Crippen LogP contribution < -0.4 is 0 Å². The minimum Gasteiger partial charge on any atom is -0.343 e. The van der Waals surface area contributed by atoms with Crippen LogP contribution >= 0.6 is 0 Å². The van der Waals surface area contributed by atoms with E-state index in [9.17, 15) is 9.18 Å². The Morgan fingerprint density at radius 1 is 1.24 bits per heavy atom. The van der Waals surface area contributed by atoms with E-state index in [1.807, 2.05) is 4.90 Å². The average molecular weight is 452 g/mol. The van der Waals surface area contributed by atoms with E-state index in [2.05, 4.69) is 42.7 Å². The molecule has 0 spiro atoms. The first-order valence-corrected chi connectivity index (χ1v) is 12.0. The normalized spacial score (nSPS) is 19.0. The number of likely N-dealkylation sites (tertiary alicyclic amines) is 1. The van der Waals surface area contributed by atoms with Gasteiger partial charge in [0.05, 0.1) is 23.3 Å². The second kappa shape index (κ2) is 10.00. The molecule has 7 heteroatoms. The number of hydrogen-bond donors (Lipinski definition) is 1. The zero-order valence-corrected chi connectivity index (χ0v) is 20.0. The van der Waals surface area contributed by atoms with E-state index in [0.29, 0.717) is 18.4 Å². The van der Waals surface area contributed by atoms with Gasteiger partial charge in [-0.25, -0.2) is 9.37 Å². The van der Waals surface area contributed by atoms with Crippen molar-refractivity contribution in [3.05, 3.63) is 48.3 Å². The first kappa shape index (κ1) is 23.4. The molecule has 176 valence electrons. The molecule has 0 saturated carbocycles. The van der Waals surface area contributed by atoms with E-state index in [1.54, 1.807) is 24.5 Å². The average Bonchev–Trinajstić information content (AvgIpc) is 3.37. The Labute approximate surface area is 195 Å². The van der Waals surface area contributed by atoms with Crippen molar-refractivity contribution >= 4 is 16.9 Å². The molecule has 0 radical (unpaired) electrons. The summed E-state index contributed by atoms with van der Waals surface area (Å²) in [5, 5.41) is 0. The van der Waals surface area contributed by atoms with Crippen LogP contribution in [-0.4, -0.2) is 56.8 Å². The van der Waals surface area contributed by atoms with Crippen molar-refractivity contribution in [2.75, 3.05) is 20.1 Å². The number of aromatic nitrogens is 3. The van der Waals surface area contributed by atoms with Gasteiger partial charge in [0.15, 0.2) is 0 Å². The lowest BCUT2D eigenvalue weighted by Crippen LogP contribution is -2.36. The van der Waals surface area contributed by atoms with Gasteiger partial charge >= 0.3 is 0 Å². The number of nitrogens with zero attached hydrogens (tertiary/aromatic N) is 4. The number of pyridine rings is 1. The second-order valence-electron chi connectivity index (χ2n) is 9.48. The van der Waals surface area contributed by atoms with Crippen LogP contribution in [0.5, 0.6) is 0 Å². The molecule has 1 aliphatic rings. The minimum absolute atomic E-state index is 0.199. The van der Waals surface area contributed by atoms with Gasteiger partial charge in [0.1, 0.15) is 11.6 Å². The number of rotatable bonds is 8. The summed E-state index contributed by atoms with van der Waals surface area (Å²) in [7, 11) is 2.15. The summed E-state index contributed by atoms with van der Waals surface area (Å²) in [4.78, 5) is 29.7. The molecule has 4 rings (SSSR count). The lowest BCUT2D eigenvalue weighted by Gasteiger charge is -2.28. The lowest BCUT2D eigenvalue weighted by atomic mass is 10.1. The summed E-state index contributed by atoms with van der Waals surface area (Å²) in [6, 6.07) is 7.06. The Morgan fingerprint density at radius 2 is 2.00 bits per heavy atom. The van der Waals surface area contributed by atoms with Crippen molar-refractivity contribution in [1.82, 2.24) is 24.8 Å². The first-order chi connectivity index (χ1) is 15.9. The molecule has 1 N–H and O–H groups in total. The number of halogens is 1. The third kappa shape index (κ3) is 5.08. The summed E-state index contributed by atoms with van der Waals surface area (Å²) in [6.45, 7) is 7.79. The Morgan fingerprint density at radius 3 is 2.70 bits per heavy atom. The number of benzene rings is 1. The van der Waals surface area contributed by atoms with Crippen molar-refractivity contribution in [2.45, 2.75) is 58.5 Å². The molecule has 0 bridgehead atoms. The maximum atomic E-state index is 13.4. The Bertz CT molecular complexity index is 1090. The number of carbonyl (C=O) groups excluding carboxylic acids is 1. The maximum absolute atomic E-state index is 13.4. The molecule has 1 aliphatic heterocycles. The number of imidazole rings is 1. The van der Waals surface area contributed by atoms with Crippen LogP contribution in [0.3, 0.4) is 0 Å². The minimum atomic E-state index is -0.257. The Kier molecular flexibility index (Phi) is 7.08. The molecule has 1 aromatic carbocycles. The highest BCUT2D eigenvalue weighted by molar-refractivity contribution is 5.91. The Balaban J connectivity index is 1.48. The fourth-order valence-corrected chi connectivity index (χ4v) is 4.88. The highest BCUT2D eigenvalue weighted by Crippen LogP contribution is 2.36. The van der Waals surface area contributed by atoms with Gasteiger partial charge in [0.2, 0.25) is 5.91 Å². The molecule has 3 aromatic rings. The number of nitrogens with one attached hydrogen (secondary N) is 1. The van der Waals surface area contributed by atoms with Crippen molar-refractivity contribution in [1.29, 1.82) is 0 Å². The third-order valence-electron chi connectivity index (χ3n) is 6.77. The van der Waals surface area contributed by atoms with Crippen LogP contribution in [0.25, 0.3) is 22.2 Å². The molecule has 3 heterocycles. The molecule has 1 amide bonds. The summed E-state index contributed by atoms with van der Waals surface area (Å²) in [5.41, 5.74) is 3.55. The quantitative estimate of drug-likeness (QED) is 0.512. The van der Waals surface area contributed by atoms with Gasteiger partial charge in [-0.3, -0.25) is 14.7 Å². The monoisotopic (exact) mass is 451 g/mol. The summed E-state index contributed by atoms with van der Waals surface area (Å²) < 4.78 is 13.4. The molecular formula is C26H34FN5O. The van der Waals surface area contributed by atoms with Gasteiger partial charge in [-0.2, -0.15) is 0 Å². The van der Waals surface area contributed by atoms with Crippen LogP contribution in [0, 0.1) is 11.7 Å². The molecule has 6 nitrogen and oxygen atoms in total. The molecule has 33 heavy (non-hydrogen) atoms. The van der Waals surface area contributed by atoms with E-state index < -0.39 is 0 Å². The molecular weight excluding hydrogens is 417 g/mol. The Hall–Kier alpha value is -2.80. The fraction of sp³-hybridized carbons (Fsp3) is 0.500. The van der Waals surface area contributed by atoms with Crippen molar-refractivity contribution in [2.24, 2.45) is 5.92 Å². The SMILES string of the molecule is CCN(CCC1CCC(c2nc3c(-c4ccc(F)cc4)cncc3[nH]2)N1C)C(=O)CC(C)C. The highest BCUT2D eigenvalue weighted by atomic mass is 19.1. The van der Waals surface area contributed by atoms with Crippen molar-refractivity contribution in [3.8, 4) is 11.1 Å². The predicted molar refractivity (Wildman–Crippen MR) is 129 cm³/mol. The number of carbonyl (C=O) groups is 1. The smallest absolute Gasteiger partial charge is 0.222 e. The van der Waals surface area contributed by atoms with Crippen LogP contribution in [0.1, 0.15) is 58.3 Å². The van der Waals surface area contributed by atoms with Crippen molar-refractivity contribution in [3.63, 3.8) is 0 Å². The number of aromatic amines is 1. The largest absolute Gasteiger partial charge is 0.343 e. The third-order valence-corrected chi connectivity index (χ3v) is 6.77. The zero-order valence-electron chi connectivity index (χ0n) is 20.0. The molecule has 2 unspecified atom stereocenters. The van der Waals surface area contributed by atoms with Gasteiger partial charge in [-0.15, -0.1) is 0 Å². The molecule has 0 aliphatic carbocycles. The highest BCUT2D eigenvalue weighted by Gasteiger charge is 2.33. The lowest BCUT2D eigenvalue weighted by molar-refractivity contribution is -0.132.